The molecule has 36 heavy (non-hydrogen) atoms. The van der Waals surface area contributed by atoms with E-state index in [0.29, 0.717) is 42.0 Å². The number of nitrogens with zero attached hydrogens (tertiary/aromatic N) is 1. The number of carbonyl (C=O) groups excluding carboxylic acids is 1. The summed E-state index contributed by atoms with van der Waals surface area (Å²) in [6, 6.07) is 24.1. The molecule has 0 aliphatic heterocycles. The standard InChI is InChI=1S/C28H25NO5S2/c1-2-33-25(30)18-34-23-15-9-14-22-21(23)16-17-24-26(22)29-28(35-24)36(31,32)27(19-10-5-3-6-11-19)20-12-7-4-8-13-20/h3-15,27H,2,16-18H2,1H3. The van der Waals surface area contributed by atoms with Crippen LogP contribution in [0.25, 0.3) is 11.3 Å². The van der Waals surface area contributed by atoms with Crippen molar-refractivity contribution in [3.8, 4) is 17.0 Å². The molecule has 0 spiro atoms. The second-order valence-electron chi connectivity index (χ2n) is 8.37. The molecule has 0 bridgehead atoms. The van der Waals surface area contributed by atoms with Gasteiger partial charge in [-0.15, -0.1) is 11.3 Å². The number of ether oxygens (including phenoxy) is 2. The quantitative estimate of drug-likeness (QED) is 0.289. The Balaban J connectivity index is 1.53. The zero-order valence-electron chi connectivity index (χ0n) is 19.7. The smallest absolute Gasteiger partial charge is 0.344 e. The van der Waals surface area contributed by atoms with Gasteiger partial charge < -0.3 is 9.47 Å². The minimum absolute atomic E-state index is 0.107. The van der Waals surface area contributed by atoms with E-state index in [4.69, 9.17) is 9.47 Å². The molecule has 0 unspecified atom stereocenters. The topological polar surface area (TPSA) is 82.6 Å². The fraction of sp³-hybridized carbons (Fsp3) is 0.214. The van der Waals surface area contributed by atoms with Crippen molar-refractivity contribution in [2.75, 3.05) is 13.2 Å². The first-order valence-electron chi connectivity index (χ1n) is 11.7. The number of aromatic nitrogens is 1. The fourth-order valence-electron chi connectivity index (χ4n) is 4.50. The molecular formula is C28H25NO5S2. The predicted octanol–water partition coefficient (Wildman–Crippen LogP) is 5.41. The maximum atomic E-state index is 14.0. The second-order valence-corrected chi connectivity index (χ2v) is 11.7. The van der Waals surface area contributed by atoms with Crippen LogP contribution in [0, 0.1) is 0 Å². The van der Waals surface area contributed by atoms with Crippen LogP contribution < -0.4 is 4.74 Å². The van der Waals surface area contributed by atoms with E-state index < -0.39 is 21.1 Å². The van der Waals surface area contributed by atoms with Gasteiger partial charge in [0, 0.05) is 16.0 Å². The van der Waals surface area contributed by atoms with Crippen molar-refractivity contribution in [2.24, 2.45) is 0 Å². The fourth-order valence-corrected chi connectivity index (χ4v) is 7.81. The van der Waals surface area contributed by atoms with Crippen LogP contribution in [0.15, 0.2) is 83.2 Å². The summed E-state index contributed by atoms with van der Waals surface area (Å²) in [6.07, 6.45) is 1.32. The molecule has 0 saturated heterocycles. The average molecular weight is 520 g/mol. The molecule has 3 aromatic carbocycles. The minimum atomic E-state index is -3.83. The van der Waals surface area contributed by atoms with E-state index in [1.54, 1.807) is 6.92 Å². The number of carbonyl (C=O) groups is 1. The Bertz CT molecular complexity index is 1440. The van der Waals surface area contributed by atoms with Gasteiger partial charge in [0.1, 0.15) is 11.0 Å². The maximum Gasteiger partial charge on any atom is 0.344 e. The lowest BCUT2D eigenvalue weighted by molar-refractivity contribution is -0.145. The molecule has 0 saturated carbocycles. The molecule has 0 atom stereocenters. The lowest BCUT2D eigenvalue weighted by Crippen LogP contribution is -2.16. The van der Waals surface area contributed by atoms with Gasteiger partial charge in [-0.05, 0) is 37.0 Å². The first-order chi connectivity index (χ1) is 17.5. The Labute approximate surface area is 214 Å². The highest BCUT2D eigenvalue weighted by molar-refractivity contribution is 7.93. The van der Waals surface area contributed by atoms with Crippen molar-refractivity contribution >= 4 is 27.1 Å². The highest BCUT2D eigenvalue weighted by Crippen LogP contribution is 2.44. The van der Waals surface area contributed by atoms with E-state index in [1.165, 1.54) is 11.3 Å². The molecule has 0 amide bonds. The van der Waals surface area contributed by atoms with Crippen molar-refractivity contribution in [1.82, 2.24) is 4.98 Å². The van der Waals surface area contributed by atoms with E-state index in [2.05, 4.69) is 4.98 Å². The molecule has 1 aliphatic rings. The molecule has 0 radical (unpaired) electrons. The van der Waals surface area contributed by atoms with Gasteiger partial charge in [-0.1, -0.05) is 72.8 Å². The van der Waals surface area contributed by atoms with Gasteiger partial charge in [0.05, 0.1) is 12.3 Å². The number of fused-ring (bicyclic) bond motifs is 3. The average Bonchev–Trinajstić information content (AvgIpc) is 3.35. The van der Waals surface area contributed by atoms with Crippen LogP contribution in [0.2, 0.25) is 0 Å². The summed E-state index contributed by atoms with van der Waals surface area (Å²) in [6.45, 7) is 1.86. The molecule has 8 heteroatoms. The van der Waals surface area contributed by atoms with E-state index in [1.807, 2.05) is 78.9 Å². The zero-order chi connectivity index (χ0) is 25.1. The molecule has 1 aromatic heterocycles. The van der Waals surface area contributed by atoms with Crippen LogP contribution in [0.5, 0.6) is 5.75 Å². The Morgan fingerprint density at radius 3 is 2.25 bits per heavy atom. The van der Waals surface area contributed by atoms with Gasteiger partial charge in [0.25, 0.3) is 0 Å². The Morgan fingerprint density at radius 1 is 0.944 bits per heavy atom. The Morgan fingerprint density at radius 2 is 1.61 bits per heavy atom. The maximum absolute atomic E-state index is 14.0. The number of aryl methyl sites for hydroxylation is 1. The third kappa shape index (κ3) is 4.66. The van der Waals surface area contributed by atoms with Crippen molar-refractivity contribution < 1.29 is 22.7 Å². The Kier molecular flexibility index (Phi) is 6.89. The zero-order valence-corrected chi connectivity index (χ0v) is 21.3. The molecule has 1 aliphatic carbocycles. The first kappa shape index (κ1) is 24.2. The van der Waals surface area contributed by atoms with Crippen LogP contribution in [-0.2, 0) is 32.2 Å². The number of hydrogen-bond donors (Lipinski definition) is 0. The number of thiazole rings is 1. The summed E-state index contributed by atoms with van der Waals surface area (Å²) >= 11 is 1.24. The van der Waals surface area contributed by atoms with Crippen LogP contribution in [0.4, 0.5) is 0 Å². The number of benzene rings is 3. The van der Waals surface area contributed by atoms with Gasteiger partial charge in [-0.2, -0.15) is 0 Å². The van der Waals surface area contributed by atoms with E-state index in [-0.39, 0.29) is 10.9 Å². The monoisotopic (exact) mass is 519 g/mol. The normalized spacial score (nSPS) is 12.6. The predicted molar refractivity (Wildman–Crippen MR) is 139 cm³/mol. The summed E-state index contributed by atoms with van der Waals surface area (Å²) in [4.78, 5) is 17.4. The summed E-state index contributed by atoms with van der Waals surface area (Å²) in [5, 5.41) is -0.855. The molecule has 4 aromatic rings. The lowest BCUT2D eigenvalue weighted by atomic mass is 9.93. The third-order valence-corrected chi connectivity index (χ3v) is 9.68. The summed E-state index contributed by atoms with van der Waals surface area (Å²) in [7, 11) is -3.83. The highest BCUT2D eigenvalue weighted by atomic mass is 32.2. The minimum Gasteiger partial charge on any atom is -0.482 e. The number of hydrogen-bond acceptors (Lipinski definition) is 7. The molecule has 1 heterocycles. The van der Waals surface area contributed by atoms with Crippen LogP contribution >= 0.6 is 11.3 Å². The van der Waals surface area contributed by atoms with Gasteiger partial charge in [-0.3, -0.25) is 0 Å². The van der Waals surface area contributed by atoms with Gasteiger partial charge in [-0.25, -0.2) is 18.2 Å². The largest absolute Gasteiger partial charge is 0.482 e. The van der Waals surface area contributed by atoms with Gasteiger partial charge in [0.2, 0.25) is 14.2 Å². The van der Waals surface area contributed by atoms with E-state index in [0.717, 1.165) is 16.0 Å². The van der Waals surface area contributed by atoms with Crippen LogP contribution in [0.3, 0.4) is 0 Å². The van der Waals surface area contributed by atoms with Gasteiger partial charge in [0.15, 0.2) is 6.61 Å². The van der Waals surface area contributed by atoms with Crippen molar-refractivity contribution in [3.05, 3.63) is 100 Å². The molecule has 0 fully saturated rings. The molecule has 5 rings (SSSR count). The number of rotatable bonds is 8. The molecule has 184 valence electrons. The van der Waals surface area contributed by atoms with Crippen LogP contribution in [-0.4, -0.2) is 32.6 Å². The third-order valence-electron chi connectivity index (χ3n) is 6.08. The summed E-state index contributed by atoms with van der Waals surface area (Å²) < 4.78 is 38.9. The van der Waals surface area contributed by atoms with Crippen molar-refractivity contribution in [3.63, 3.8) is 0 Å². The van der Waals surface area contributed by atoms with E-state index in [9.17, 15) is 13.2 Å². The molecular weight excluding hydrogens is 494 g/mol. The Hall–Kier alpha value is -3.49. The number of sulfone groups is 1. The van der Waals surface area contributed by atoms with Crippen molar-refractivity contribution in [1.29, 1.82) is 0 Å². The summed E-state index contributed by atoms with van der Waals surface area (Å²) in [5.74, 6) is 0.163. The van der Waals surface area contributed by atoms with Crippen molar-refractivity contribution in [2.45, 2.75) is 29.4 Å². The molecule has 0 N–H and O–H groups in total. The summed E-state index contributed by atoms with van der Waals surface area (Å²) in [5.41, 5.74) is 3.83. The van der Waals surface area contributed by atoms with Gasteiger partial charge >= 0.3 is 5.97 Å². The lowest BCUT2D eigenvalue weighted by Gasteiger charge is -2.18. The first-order valence-corrected chi connectivity index (χ1v) is 14.1. The SMILES string of the molecule is CCOC(=O)COc1cccc2c1CCc1sc(S(=O)(=O)C(c3ccccc3)c3ccccc3)nc1-2. The van der Waals surface area contributed by atoms with Crippen LogP contribution in [0.1, 0.15) is 33.7 Å². The van der Waals surface area contributed by atoms with E-state index >= 15 is 0 Å². The molecule has 6 nitrogen and oxygen atoms in total. The highest BCUT2D eigenvalue weighted by Gasteiger charge is 2.35. The second kappa shape index (κ2) is 10.2. The number of esters is 1.